The van der Waals surface area contributed by atoms with Crippen LogP contribution >= 0.6 is 0 Å². The molecule has 0 amide bonds. The van der Waals surface area contributed by atoms with Gasteiger partial charge in [0.15, 0.2) is 0 Å². The molecule has 0 fully saturated rings. The van der Waals surface area contributed by atoms with Gasteiger partial charge >= 0.3 is 0 Å². The number of rotatable bonds is 5. The van der Waals surface area contributed by atoms with Crippen LogP contribution in [0.15, 0.2) is 152 Å². The highest BCUT2D eigenvalue weighted by Crippen LogP contribution is 2.48. The molecule has 1 aliphatic carbocycles. The van der Waals surface area contributed by atoms with Crippen molar-refractivity contribution in [1.82, 2.24) is 0 Å². The van der Waals surface area contributed by atoms with Crippen LogP contribution in [0.2, 0.25) is 0 Å². The van der Waals surface area contributed by atoms with Crippen LogP contribution < -0.4 is 0 Å². The molecule has 0 heteroatoms. The highest BCUT2D eigenvalue weighted by atomic mass is 14.3. The zero-order chi connectivity index (χ0) is 25.3. The lowest BCUT2D eigenvalue weighted by molar-refractivity contribution is 1.02. The Labute approximate surface area is 224 Å². The average molecular weight is 485 g/mol. The molecular weight excluding hydrogens is 456 g/mol. The summed E-state index contributed by atoms with van der Waals surface area (Å²) in [7, 11) is 0. The van der Waals surface area contributed by atoms with Crippen molar-refractivity contribution in [2.45, 2.75) is 12.3 Å². The van der Waals surface area contributed by atoms with E-state index in [1.54, 1.807) is 0 Å². The average Bonchev–Trinajstić information content (AvgIpc) is 3.33. The van der Waals surface area contributed by atoms with Crippen molar-refractivity contribution in [3.8, 4) is 33.4 Å². The van der Waals surface area contributed by atoms with E-state index in [0.29, 0.717) is 5.92 Å². The van der Waals surface area contributed by atoms with Crippen molar-refractivity contribution in [2.75, 3.05) is 0 Å². The highest BCUT2D eigenvalue weighted by Gasteiger charge is 2.29. The molecule has 6 aromatic carbocycles. The van der Waals surface area contributed by atoms with Crippen molar-refractivity contribution in [2.24, 2.45) is 0 Å². The molecule has 1 atom stereocenters. The molecule has 0 saturated heterocycles. The maximum absolute atomic E-state index is 2.38. The van der Waals surface area contributed by atoms with Crippen LogP contribution in [0.1, 0.15) is 33.7 Å². The van der Waals surface area contributed by atoms with E-state index in [1.165, 1.54) is 61.2 Å². The first-order valence-corrected chi connectivity index (χ1v) is 13.4. The highest BCUT2D eigenvalue weighted by molar-refractivity contribution is 5.84. The molecule has 0 bridgehead atoms. The maximum Gasteiger partial charge on any atom is 0.0352 e. The Morgan fingerprint density at radius 2 is 0.868 bits per heavy atom. The Balaban J connectivity index is 1.15. The van der Waals surface area contributed by atoms with Gasteiger partial charge < -0.3 is 0 Å². The topological polar surface area (TPSA) is 0 Å². The molecule has 0 nitrogen and oxygen atoms in total. The van der Waals surface area contributed by atoms with E-state index in [0.717, 1.165) is 6.42 Å². The van der Waals surface area contributed by atoms with Crippen LogP contribution in [0.3, 0.4) is 0 Å². The predicted octanol–water partition coefficient (Wildman–Crippen LogP) is 9.77. The van der Waals surface area contributed by atoms with Gasteiger partial charge in [-0.2, -0.15) is 0 Å². The Morgan fingerprint density at radius 3 is 1.55 bits per heavy atom. The lowest BCUT2D eigenvalue weighted by Crippen LogP contribution is -1.98. The summed E-state index contributed by atoms with van der Waals surface area (Å²) in [6, 6.07) is 55.4. The summed E-state index contributed by atoms with van der Waals surface area (Å²) in [4.78, 5) is 0. The predicted molar refractivity (Wildman–Crippen MR) is 159 cm³/mol. The Kier molecular flexibility index (Phi) is 5.72. The molecule has 0 N–H and O–H groups in total. The van der Waals surface area contributed by atoms with Crippen LogP contribution in [0.5, 0.6) is 0 Å². The second-order valence-corrected chi connectivity index (χ2v) is 10.2. The number of benzene rings is 6. The molecule has 1 aliphatic rings. The van der Waals surface area contributed by atoms with Crippen LogP contribution in [-0.4, -0.2) is 0 Å². The Morgan fingerprint density at radius 1 is 0.368 bits per heavy atom. The van der Waals surface area contributed by atoms with E-state index in [1.807, 2.05) is 0 Å². The molecule has 7 rings (SSSR count). The summed E-state index contributed by atoms with van der Waals surface area (Å²) in [5, 5.41) is 0. The first-order chi connectivity index (χ1) is 18.8. The minimum atomic E-state index is 0.298. The second-order valence-electron chi connectivity index (χ2n) is 10.2. The summed E-state index contributed by atoms with van der Waals surface area (Å²) >= 11 is 0. The van der Waals surface area contributed by atoms with Gasteiger partial charge in [-0.25, -0.2) is 0 Å². The van der Waals surface area contributed by atoms with Gasteiger partial charge in [-0.1, -0.05) is 146 Å². The Bertz CT molecular complexity index is 1690. The van der Waals surface area contributed by atoms with Crippen LogP contribution in [-0.2, 0) is 6.42 Å². The smallest absolute Gasteiger partial charge is 0.0352 e. The third-order valence-electron chi connectivity index (χ3n) is 7.82. The minimum Gasteiger partial charge on any atom is -0.0622 e. The van der Waals surface area contributed by atoms with Gasteiger partial charge in [0.2, 0.25) is 0 Å². The van der Waals surface area contributed by atoms with Crippen LogP contribution in [0.25, 0.3) is 33.4 Å². The molecule has 0 radical (unpaired) electrons. The van der Waals surface area contributed by atoms with E-state index in [9.17, 15) is 0 Å². The van der Waals surface area contributed by atoms with Gasteiger partial charge in [-0.15, -0.1) is 0 Å². The molecule has 38 heavy (non-hydrogen) atoms. The molecule has 0 saturated carbocycles. The number of hydrogen-bond donors (Lipinski definition) is 0. The third-order valence-corrected chi connectivity index (χ3v) is 7.82. The summed E-state index contributed by atoms with van der Waals surface area (Å²) < 4.78 is 0. The SMILES string of the molecule is c1ccc(-c2ccc(Cc3ccc(-c4ccc5c(c4)-c4ccccc4C5c4ccccc4)cc3)cc2)cc1. The molecule has 180 valence electrons. The largest absolute Gasteiger partial charge is 0.0622 e. The normalized spacial score (nSPS) is 13.6. The van der Waals surface area contributed by atoms with Crippen LogP contribution in [0.4, 0.5) is 0 Å². The standard InChI is InChI=1S/C38H28/c1-3-9-29(10-4-1)30-19-15-27(16-20-30)25-28-17-21-31(22-18-28)33-23-24-36-37(26-33)34-13-7-8-14-35(34)38(36)32-11-5-2-6-12-32/h1-24,26,38H,25H2. The summed E-state index contributed by atoms with van der Waals surface area (Å²) in [6.07, 6.45) is 0.936. The molecule has 0 aliphatic heterocycles. The van der Waals surface area contributed by atoms with Crippen LogP contribution in [0, 0.1) is 0 Å². The molecular formula is C38H28. The third kappa shape index (κ3) is 4.15. The quantitative estimate of drug-likeness (QED) is 0.228. The van der Waals surface area contributed by atoms with E-state index in [4.69, 9.17) is 0 Å². The van der Waals surface area contributed by atoms with E-state index < -0.39 is 0 Å². The van der Waals surface area contributed by atoms with Gasteiger partial charge in [0, 0.05) is 5.92 Å². The van der Waals surface area contributed by atoms with E-state index in [2.05, 4.69) is 152 Å². The first kappa shape index (κ1) is 22.5. The van der Waals surface area contributed by atoms with Crippen molar-refractivity contribution in [3.63, 3.8) is 0 Å². The zero-order valence-electron chi connectivity index (χ0n) is 21.2. The monoisotopic (exact) mass is 484 g/mol. The second kappa shape index (κ2) is 9.65. The Hall–Kier alpha value is -4.68. The molecule has 0 spiro atoms. The summed E-state index contributed by atoms with van der Waals surface area (Å²) in [5.74, 6) is 0.298. The number of fused-ring (bicyclic) bond motifs is 3. The fourth-order valence-corrected chi connectivity index (χ4v) is 5.88. The minimum absolute atomic E-state index is 0.298. The van der Waals surface area contributed by atoms with Gasteiger partial charge in [0.05, 0.1) is 0 Å². The first-order valence-electron chi connectivity index (χ1n) is 13.4. The van der Waals surface area contributed by atoms with Gasteiger partial charge in [-0.3, -0.25) is 0 Å². The van der Waals surface area contributed by atoms with Gasteiger partial charge in [0.25, 0.3) is 0 Å². The lowest BCUT2D eigenvalue weighted by Gasteiger charge is -2.14. The van der Waals surface area contributed by atoms with Crippen molar-refractivity contribution in [1.29, 1.82) is 0 Å². The molecule has 6 aromatic rings. The summed E-state index contributed by atoms with van der Waals surface area (Å²) in [6.45, 7) is 0. The van der Waals surface area contributed by atoms with Gasteiger partial charge in [0.1, 0.15) is 0 Å². The number of hydrogen-bond acceptors (Lipinski definition) is 0. The molecule has 1 unspecified atom stereocenters. The lowest BCUT2D eigenvalue weighted by atomic mass is 9.89. The van der Waals surface area contributed by atoms with E-state index >= 15 is 0 Å². The fourth-order valence-electron chi connectivity index (χ4n) is 5.88. The zero-order valence-corrected chi connectivity index (χ0v) is 21.2. The van der Waals surface area contributed by atoms with Gasteiger partial charge in [-0.05, 0) is 73.7 Å². The molecule has 0 heterocycles. The maximum atomic E-state index is 2.38. The van der Waals surface area contributed by atoms with E-state index in [-0.39, 0.29) is 0 Å². The fraction of sp³-hybridized carbons (Fsp3) is 0.0526. The summed E-state index contributed by atoms with van der Waals surface area (Å²) in [5.41, 5.74) is 14.6. The van der Waals surface area contributed by atoms with Crippen molar-refractivity contribution in [3.05, 3.63) is 179 Å². The molecule has 0 aromatic heterocycles. The van der Waals surface area contributed by atoms with Crippen molar-refractivity contribution < 1.29 is 0 Å². The van der Waals surface area contributed by atoms with Crippen molar-refractivity contribution >= 4 is 0 Å².